The lowest BCUT2D eigenvalue weighted by Crippen LogP contribution is -2.31. The van der Waals surface area contributed by atoms with Gasteiger partial charge in [0, 0.05) is 29.4 Å². The molecule has 2 rings (SSSR count). The topological polar surface area (TPSA) is 71.1 Å². The van der Waals surface area contributed by atoms with Crippen molar-refractivity contribution in [2.75, 3.05) is 6.54 Å². The predicted molar refractivity (Wildman–Crippen MR) is 94.3 cm³/mol. The highest BCUT2D eigenvalue weighted by Gasteiger charge is 2.12. The average Bonchev–Trinajstić information content (AvgIpc) is 2.56. The molecular weight excluding hydrogens is 326 g/mol. The highest BCUT2D eigenvalue weighted by molar-refractivity contribution is 6.30. The van der Waals surface area contributed by atoms with Crippen molar-refractivity contribution >= 4 is 23.4 Å². The molecule has 24 heavy (non-hydrogen) atoms. The number of hydrogen-bond donors (Lipinski definition) is 2. The lowest BCUT2D eigenvalue weighted by atomic mass is 10.1. The van der Waals surface area contributed by atoms with Crippen LogP contribution in [0.3, 0.4) is 0 Å². The monoisotopic (exact) mass is 345 g/mol. The van der Waals surface area contributed by atoms with Gasteiger partial charge in [0.25, 0.3) is 11.8 Å². The number of pyridine rings is 1. The van der Waals surface area contributed by atoms with Crippen LogP contribution in [0.1, 0.15) is 40.3 Å². The molecule has 0 saturated heterocycles. The molecule has 6 heteroatoms. The van der Waals surface area contributed by atoms with Gasteiger partial charge in [-0.3, -0.25) is 14.6 Å². The van der Waals surface area contributed by atoms with Crippen LogP contribution in [0.15, 0.2) is 42.6 Å². The van der Waals surface area contributed by atoms with Crippen molar-refractivity contribution < 1.29 is 9.59 Å². The Morgan fingerprint density at radius 1 is 1.12 bits per heavy atom. The molecule has 5 nitrogen and oxygen atoms in total. The van der Waals surface area contributed by atoms with Crippen molar-refractivity contribution in [1.82, 2.24) is 15.6 Å². The third kappa shape index (κ3) is 5.35. The van der Waals surface area contributed by atoms with Crippen molar-refractivity contribution in [3.63, 3.8) is 0 Å². The number of aromatic nitrogens is 1. The van der Waals surface area contributed by atoms with Gasteiger partial charge in [0.1, 0.15) is 5.69 Å². The average molecular weight is 346 g/mol. The minimum atomic E-state index is -0.303. The zero-order chi connectivity index (χ0) is 17.5. The van der Waals surface area contributed by atoms with E-state index in [-0.39, 0.29) is 23.6 Å². The third-order valence-electron chi connectivity index (χ3n) is 3.29. The van der Waals surface area contributed by atoms with E-state index in [1.54, 1.807) is 6.07 Å². The predicted octanol–water partition coefficient (Wildman–Crippen LogP) is 2.85. The number of carbonyl (C=O) groups excluding carboxylic acids is 2. The SMILES string of the molecule is CC(C)NC(=O)c1ccnc(C(=O)NCCc2ccc(Cl)cc2)c1. The molecule has 0 atom stereocenters. The van der Waals surface area contributed by atoms with Gasteiger partial charge < -0.3 is 10.6 Å². The molecule has 1 heterocycles. The van der Waals surface area contributed by atoms with Crippen LogP contribution in [0, 0.1) is 0 Å². The Labute approximate surface area is 146 Å². The molecule has 0 unspecified atom stereocenters. The molecule has 0 spiro atoms. The number of nitrogens with zero attached hydrogens (tertiary/aromatic N) is 1. The number of carbonyl (C=O) groups is 2. The summed E-state index contributed by atoms with van der Waals surface area (Å²) < 4.78 is 0. The standard InChI is InChI=1S/C18H20ClN3O2/c1-12(2)22-17(23)14-8-10-20-16(11-14)18(24)21-9-7-13-3-5-15(19)6-4-13/h3-6,8,10-12H,7,9H2,1-2H3,(H,21,24)(H,22,23). The molecule has 0 fully saturated rings. The normalized spacial score (nSPS) is 10.5. The summed E-state index contributed by atoms with van der Waals surface area (Å²) in [6.07, 6.45) is 2.15. The van der Waals surface area contributed by atoms with E-state index in [0.717, 1.165) is 5.56 Å². The Bertz CT molecular complexity index is 714. The highest BCUT2D eigenvalue weighted by atomic mass is 35.5. The van der Waals surface area contributed by atoms with E-state index in [1.807, 2.05) is 38.1 Å². The van der Waals surface area contributed by atoms with Crippen LogP contribution in [0.5, 0.6) is 0 Å². The smallest absolute Gasteiger partial charge is 0.269 e. The number of rotatable bonds is 6. The molecule has 2 amide bonds. The van der Waals surface area contributed by atoms with E-state index in [4.69, 9.17) is 11.6 Å². The second-order valence-corrected chi connectivity index (χ2v) is 6.13. The Morgan fingerprint density at radius 3 is 2.50 bits per heavy atom. The van der Waals surface area contributed by atoms with Crippen LogP contribution in [0.2, 0.25) is 5.02 Å². The molecule has 1 aromatic heterocycles. The first-order valence-electron chi connectivity index (χ1n) is 7.75. The van der Waals surface area contributed by atoms with Crippen molar-refractivity contribution in [2.24, 2.45) is 0 Å². The Balaban J connectivity index is 1.92. The summed E-state index contributed by atoms with van der Waals surface area (Å²) >= 11 is 5.84. The fourth-order valence-electron chi connectivity index (χ4n) is 2.10. The Morgan fingerprint density at radius 2 is 1.83 bits per heavy atom. The van der Waals surface area contributed by atoms with Crippen LogP contribution < -0.4 is 10.6 Å². The van der Waals surface area contributed by atoms with E-state index in [0.29, 0.717) is 23.6 Å². The summed E-state index contributed by atoms with van der Waals surface area (Å²) in [5.74, 6) is -0.522. The number of nitrogens with one attached hydrogen (secondary N) is 2. The van der Waals surface area contributed by atoms with Gasteiger partial charge in [-0.15, -0.1) is 0 Å². The number of benzene rings is 1. The second kappa shape index (κ2) is 8.45. The lowest BCUT2D eigenvalue weighted by molar-refractivity contribution is 0.0943. The molecule has 0 saturated carbocycles. The number of amides is 2. The van der Waals surface area contributed by atoms with E-state index in [1.165, 1.54) is 12.3 Å². The fraction of sp³-hybridized carbons (Fsp3) is 0.278. The quantitative estimate of drug-likeness (QED) is 0.845. The molecule has 1 aromatic carbocycles. The first-order valence-corrected chi connectivity index (χ1v) is 8.13. The summed E-state index contributed by atoms with van der Waals surface area (Å²) in [5.41, 5.74) is 1.72. The van der Waals surface area contributed by atoms with Crippen LogP contribution in [0.25, 0.3) is 0 Å². The van der Waals surface area contributed by atoms with Gasteiger partial charge in [0.05, 0.1) is 0 Å². The minimum absolute atomic E-state index is 0.0299. The maximum atomic E-state index is 12.2. The zero-order valence-electron chi connectivity index (χ0n) is 13.7. The van der Waals surface area contributed by atoms with Crippen molar-refractivity contribution in [2.45, 2.75) is 26.3 Å². The summed E-state index contributed by atoms with van der Waals surface area (Å²) in [6, 6.07) is 10.6. The first kappa shape index (κ1) is 17.9. The lowest BCUT2D eigenvalue weighted by Gasteiger charge is -2.09. The molecule has 2 N–H and O–H groups in total. The summed E-state index contributed by atoms with van der Waals surface area (Å²) in [6.45, 7) is 4.23. The molecule has 0 radical (unpaired) electrons. The van der Waals surface area contributed by atoms with Gasteiger partial charge >= 0.3 is 0 Å². The molecular formula is C18H20ClN3O2. The number of halogens is 1. The van der Waals surface area contributed by atoms with Gasteiger partial charge in [-0.1, -0.05) is 23.7 Å². The number of hydrogen-bond acceptors (Lipinski definition) is 3. The van der Waals surface area contributed by atoms with Crippen molar-refractivity contribution in [3.05, 3.63) is 64.4 Å². The van der Waals surface area contributed by atoms with Crippen molar-refractivity contribution in [3.8, 4) is 0 Å². The second-order valence-electron chi connectivity index (χ2n) is 5.69. The molecule has 0 aliphatic rings. The minimum Gasteiger partial charge on any atom is -0.350 e. The van der Waals surface area contributed by atoms with Gasteiger partial charge in [-0.25, -0.2) is 0 Å². The van der Waals surface area contributed by atoms with Crippen LogP contribution >= 0.6 is 11.6 Å². The zero-order valence-corrected chi connectivity index (χ0v) is 14.4. The van der Waals surface area contributed by atoms with Crippen LogP contribution in [-0.2, 0) is 6.42 Å². The van der Waals surface area contributed by atoms with Gasteiger partial charge in [0.15, 0.2) is 0 Å². The van der Waals surface area contributed by atoms with E-state index >= 15 is 0 Å². The largest absolute Gasteiger partial charge is 0.350 e. The summed E-state index contributed by atoms with van der Waals surface area (Å²) in [4.78, 5) is 28.2. The van der Waals surface area contributed by atoms with Gasteiger partial charge in [0.2, 0.25) is 0 Å². The molecule has 0 aliphatic carbocycles. The van der Waals surface area contributed by atoms with E-state index < -0.39 is 0 Å². The maximum Gasteiger partial charge on any atom is 0.269 e. The van der Waals surface area contributed by atoms with Crippen LogP contribution in [-0.4, -0.2) is 29.4 Å². The van der Waals surface area contributed by atoms with Gasteiger partial charge in [-0.05, 0) is 50.1 Å². The molecule has 2 aromatic rings. The van der Waals surface area contributed by atoms with Gasteiger partial charge in [-0.2, -0.15) is 0 Å². The van der Waals surface area contributed by atoms with E-state index in [2.05, 4.69) is 15.6 Å². The molecule has 0 aliphatic heterocycles. The highest BCUT2D eigenvalue weighted by Crippen LogP contribution is 2.09. The van der Waals surface area contributed by atoms with Crippen molar-refractivity contribution in [1.29, 1.82) is 0 Å². The Hall–Kier alpha value is -2.40. The third-order valence-corrected chi connectivity index (χ3v) is 3.54. The molecule has 126 valence electrons. The molecule has 0 bridgehead atoms. The summed E-state index contributed by atoms with van der Waals surface area (Å²) in [5, 5.41) is 6.27. The van der Waals surface area contributed by atoms with E-state index in [9.17, 15) is 9.59 Å². The Kier molecular flexibility index (Phi) is 6.32. The maximum absolute atomic E-state index is 12.2. The van der Waals surface area contributed by atoms with Crippen LogP contribution in [0.4, 0.5) is 0 Å². The summed E-state index contributed by atoms with van der Waals surface area (Å²) in [7, 11) is 0. The fourth-order valence-corrected chi connectivity index (χ4v) is 2.23. The first-order chi connectivity index (χ1) is 11.5.